The molecule has 0 saturated heterocycles. The molecule has 1 rings (SSSR count). The predicted octanol–water partition coefficient (Wildman–Crippen LogP) is 1.56. The molecule has 0 aliphatic rings. The summed E-state index contributed by atoms with van der Waals surface area (Å²) in [5.74, 6) is -0.780. The Morgan fingerprint density at radius 3 is 2.55 bits per heavy atom. The van der Waals surface area contributed by atoms with Gasteiger partial charge in [0.15, 0.2) is 0 Å². The van der Waals surface area contributed by atoms with Crippen molar-refractivity contribution >= 4 is 17.6 Å². The topological polar surface area (TPSA) is 78.9 Å². The number of carboxylic acid groups (broad SMARTS) is 1. The molecule has 0 unspecified atom stereocenters. The van der Waals surface area contributed by atoms with Crippen molar-refractivity contribution in [3.8, 4) is 5.75 Å². The van der Waals surface area contributed by atoms with Crippen LogP contribution in [0.2, 0.25) is 0 Å². The highest BCUT2D eigenvalue weighted by Crippen LogP contribution is 2.26. The van der Waals surface area contributed by atoms with Gasteiger partial charge in [-0.2, -0.15) is 0 Å². The fraction of sp³-hybridized carbons (Fsp3) is 0.429. The third-order valence-corrected chi connectivity index (χ3v) is 2.60. The van der Waals surface area contributed by atoms with Crippen molar-refractivity contribution in [3.05, 3.63) is 23.8 Å². The second kappa shape index (κ2) is 7.49. The third-order valence-electron chi connectivity index (χ3n) is 2.60. The summed E-state index contributed by atoms with van der Waals surface area (Å²) in [6.45, 7) is 0.738. The molecule has 0 aromatic heterocycles. The zero-order chi connectivity index (χ0) is 15.1. The van der Waals surface area contributed by atoms with Crippen molar-refractivity contribution in [1.82, 2.24) is 4.90 Å². The molecule has 20 heavy (non-hydrogen) atoms. The Labute approximate surface area is 118 Å². The van der Waals surface area contributed by atoms with Gasteiger partial charge < -0.3 is 20.1 Å². The predicted molar refractivity (Wildman–Crippen MR) is 75.9 cm³/mol. The van der Waals surface area contributed by atoms with E-state index in [1.54, 1.807) is 6.07 Å². The van der Waals surface area contributed by atoms with E-state index in [0.29, 0.717) is 11.4 Å². The Morgan fingerprint density at radius 2 is 2.00 bits per heavy atom. The van der Waals surface area contributed by atoms with Gasteiger partial charge in [0.25, 0.3) is 0 Å². The molecule has 6 heteroatoms. The molecule has 0 radical (unpaired) electrons. The number of carboxylic acids is 1. The number of amides is 1. The molecule has 1 aromatic carbocycles. The molecule has 0 bridgehead atoms. The number of hydrogen-bond donors (Lipinski definition) is 2. The van der Waals surface area contributed by atoms with E-state index in [2.05, 4.69) is 5.32 Å². The highest BCUT2D eigenvalue weighted by molar-refractivity contribution is 5.93. The fourth-order valence-electron chi connectivity index (χ4n) is 1.75. The van der Waals surface area contributed by atoms with Crippen molar-refractivity contribution < 1.29 is 19.4 Å². The van der Waals surface area contributed by atoms with Gasteiger partial charge >= 0.3 is 5.97 Å². The average molecular weight is 280 g/mol. The molecule has 1 aromatic rings. The van der Waals surface area contributed by atoms with Crippen LogP contribution in [0.4, 0.5) is 5.69 Å². The molecular weight excluding hydrogens is 260 g/mol. The molecular formula is C14H20N2O4. The molecule has 0 spiro atoms. The lowest BCUT2D eigenvalue weighted by Gasteiger charge is -2.14. The maximum Gasteiger partial charge on any atom is 0.303 e. The Bertz CT molecular complexity index is 486. The summed E-state index contributed by atoms with van der Waals surface area (Å²) < 4.78 is 5.19. The highest BCUT2D eigenvalue weighted by Gasteiger charge is 2.10. The quantitative estimate of drug-likeness (QED) is 0.792. The average Bonchev–Trinajstić information content (AvgIpc) is 2.36. The SMILES string of the molecule is COc1ccc(CN(C)C)cc1NC(=O)CCC(=O)O. The number of hydrogen-bond acceptors (Lipinski definition) is 4. The van der Waals surface area contributed by atoms with E-state index in [1.807, 2.05) is 31.1 Å². The first-order valence-corrected chi connectivity index (χ1v) is 6.25. The summed E-state index contributed by atoms with van der Waals surface area (Å²) in [5, 5.41) is 11.2. The van der Waals surface area contributed by atoms with Crippen LogP contribution >= 0.6 is 0 Å². The summed E-state index contributed by atoms with van der Waals surface area (Å²) in [6.07, 6.45) is -0.248. The molecule has 0 fully saturated rings. The largest absolute Gasteiger partial charge is 0.495 e. The monoisotopic (exact) mass is 280 g/mol. The van der Waals surface area contributed by atoms with Crippen molar-refractivity contribution in [2.75, 3.05) is 26.5 Å². The minimum Gasteiger partial charge on any atom is -0.495 e. The summed E-state index contributed by atoms with van der Waals surface area (Å²) in [4.78, 5) is 24.1. The smallest absolute Gasteiger partial charge is 0.303 e. The lowest BCUT2D eigenvalue weighted by atomic mass is 10.1. The van der Waals surface area contributed by atoms with Gasteiger partial charge in [0.05, 0.1) is 19.2 Å². The van der Waals surface area contributed by atoms with E-state index in [9.17, 15) is 9.59 Å². The molecule has 0 aliphatic heterocycles. The number of ether oxygens (including phenoxy) is 1. The molecule has 0 aliphatic carbocycles. The van der Waals surface area contributed by atoms with E-state index in [0.717, 1.165) is 12.1 Å². The fourth-order valence-corrected chi connectivity index (χ4v) is 1.75. The minimum absolute atomic E-state index is 0.0591. The number of methoxy groups -OCH3 is 1. The van der Waals surface area contributed by atoms with Crippen LogP contribution in [0.5, 0.6) is 5.75 Å². The normalized spacial score (nSPS) is 10.4. The molecule has 110 valence electrons. The number of benzene rings is 1. The van der Waals surface area contributed by atoms with Gasteiger partial charge in [0, 0.05) is 13.0 Å². The molecule has 0 atom stereocenters. The zero-order valence-electron chi connectivity index (χ0n) is 12.0. The number of nitrogens with one attached hydrogen (secondary N) is 1. The molecule has 0 saturated carbocycles. The van der Waals surface area contributed by atoms with Crippen LogP contribution in [-0.4, -0.2) is 43.1 Å². The molecule has 1 amide bonds. The van der Waals surface area contributed by atoms with Crippen LogP contribution in [0.3, 0.4) is 0 Å². The Kier molecular flexibility index (Phi) is 5.99. The van der Waals surface area contributed by atoms with Gasteiger partial charge in [-0.05, 0) is 31.8 Å². The first-order chi connectivity index (χ1) is 9.42. The number of carbonyl (C=O) groups excluding carboxylic acids is 1. The van der Waals surface area contributed by atoms with E-state index in [1.165, 1.54) is 7.11 Å². The standard InChI is InChI=1S/C14H20N2O4/c1-16(2)9-10-4-5-12(20-3)11(8-10)15-13(17)6-7-14(18)19/h4-5,8H,6-7,9H2,1-3H3,(H,15,17)(H,18,19). The van der Waals surface area contributed by atoms with E-state index in [4.69, 9.17) is 9.84 Å². The molecule has 6 nitrogen and oxygen atoms in total. The van der Waals surface area contributed by atoms with Crippen molar-refractivity contribution in [2.24, 2.45) is 0 Å². The van der Waals surface area contributed by atoms with E-state index >= 15 is 0 Å². The van der Waals surface area contributed by atoms with Gasteiger partial charge in [-0.25, -0.2) is 0 Å². The first-order valence-electron chi connectivity index (χ1n) is 6.25. The van der Waals surface area contributed by atoms with Crippen LogP contribution in [0.25, 0.3) is 0 Å². The van der Waals surface area contributed by atoms with Gasteiger partial charge in [-0.3, -0.25) is 9.59 Å². The number of rotatable bonds is 7. The number of nitrogens with zero attached hydrogens (tertiary/aromatic N) is 1. The van der Waals surface area contributed by atoms with Crippen LogP contribution in [0, 0.1) is 0 Å². The summed E-state index contributed by atoms with van der Waals surface area (Å²) in [7, 11) is 5.43. The van der Waals surface area contributed by atoms with Gasteiger partial charge in [0.2, 0.25) is 5.91 Å². The third kappa shape index (κ3) is 5.27. The molecule has 0 heterocycles. The lowest BCUT2D eigenvalue weighted by Crippen LogP contribution is -2.15. The zero-order valence-corrected chi connectivity index (χ0v) is 12.0. The van der Waals surface area contributed by atoms with Crippen LogP contribution in [0.15, 0.2) is 18.2 Å². The van der Waals surface area contributed by atoms with E-state index < -0.39 is 5.97 Å². The van der Waals surface area contributed by atoms with Gasteiger partial charge in [0.1, 0.15) is 5.75 Å². The lowest BCUT2D eigenvalue weighted by molar-refractivity contribution is -0.138. The van der Waals surface area contributed by atoms with E-state index in [-0.39, 0.29) is 18.7 Å². The summed E-state index contributed by atoms with van der Waals surface area (Å²) >= 11 is 0. The second-order valence-electron chi connectivity index (χ2n) is 4.71. The van der Waals surface area contributed by atoms with Gasteiger partial charge in [-0.15, -0.1) is 0 Å². The minimum atomic E-state index is -0.992. The maximum absolute atomic E-state index is 11.7. The molecule has 2 N–H and O–H groups in total. The number of aliphatic carboxylic acids is 1. The summed E-state index contributed by atoms with van der Waals surface area (Å²) in [5.41, 5.74) is 1.59. The van der Waals surface area contributed by atoms with Crippen molar-refractivity contribution in [1.29, 1.82) is 0 Å². The number of carbonyl (C=O) groups is 2. The Balaban J connectivity index is 2.79. The van der Waals surface area contributed by atoms with Crippen LogP contribution < -0.4 is 10.1 Å². The maximum atomic E-state index is 11.7. The summed E-state index contributed by atoms with van der Waals surface area (Å²) in [6, 6.07) is 5.54. The number of anilines is 1. The Morgan fingerprint density at radius 1 is 1.30 bits per heavy atom. The highest BCUT2D eigenvalue weighted by atomic mass is 16.5. The van der Waals surface area contributed by atoms with Crippen molar-refractivity contribution in [3.63, 3.8) is 0 Å². The first kappa shape index (κ1) is 16.0. The second-order valence-corrected chi connectivity index (χ2v) is 4.71. The Hall–Kier alpha value is -2.08. The van der Waals surface area contributed by atoms with Crippen LogP contribution in [0.1, 0.15) is 18.4 Å². The van der Waals surface area contributed by atoms with Crippen LogP contribution in [-0.2, 0) is 16.1 Å². The van der Waals surface area contributed by atoms with Gasteiger partial charge in [-0.1, -0.05) is 6.07 Å². The van der Waals surface area contributed by atoms with Crippen molar-refractivity contribution in [2.45, 2.75) is 19.4 Å².